The first kappa shape index (κ1) is 25.9. The number of aromatic nitrogens is 1. The lowest BCUT2D eigenvalue weighted by Crippen LogP contribution is -2.56. The highest BCUT2D eigenvalue weighted by Gasteiger charge is 2.48. The van der Waals surface area contributed by atoms with Crippen LogP contribution in [0.4, 0.5) is 0 Å². The molecule has 9 nitrogen and oxygen atoms in total. The largest absolute Gasteiger partial charge is 0.475 e. The molecule has 11 heteroatoms. The summed E-state index contributed by atoms with van der Waals surface area (Å²) in [4.78, 5) is 36.5. The van der Waals surface area contributed by atoms with Crippen molar-refractivity contribution in [1.29, 1.82) is 0 Å². The lowest BCUT2D eigenvalue weighted by atomic mass is 9.74. The van der Waals surface area contributed by atoms with Crippen LogP contribution in [0, 0.1) is 19.8 Å². The van der Waals surface area contributed by atoms with E-state index >= 15 is 0 Å². The molecule has 182 valence electrons. The fraction of sp³-hybridized carbons (Fsp3) is 0.478. The third kappa shape index (κ3) is 6.43. The molecule has 2 amide bonds. The number of aryl methyl sites for hydroxylation is 2. The van der Waals surface area contributed by atoms with Crippen molar-refractivity contribution in [2.24, 2.45) is 11.1 Å². The molecule has 0 radical (unpaired) electrons. The average Bonchev–Trinajstić information content (AvgIpc) is 3.35. The first-order valence-corrected chi connectivity index (χ1v) is 12.1. The Balaban J connectivity index is 1.73. The van der Waals surface area contributed by atoms with Crippen LogP contribution in [-0.2, 0) is 16.1 Å². The maximum atomic E-state index is 13.4. The minimum absolute atomic E-state index is 0.122. The summed E-state index contributed by atoms with van der Waals surface area (Å²) in [5.41, 5.74) is 0.700. The first-order chi connectivity index (χ1) is 16.1. The Hall–Kier alpha value is -2.76. The van der Waals surface area contributed by atoms with Gasteiger partial charge >= 0.3 is 7.12 Å². The molecule has 1 aliphatic heterocycles. The van der Waals surface area contributed by atoms with E-state index in [-0.39, 0.29) is 31.2 Å². The molecular formula is C23H31BN4O5S. The van der Waals surface area contributed by atoms with Gasteiger partial charge in [0.25, 0.3) is 11.8 Å². The molecule has 2 unspecified atom stereocenters. The maximum absolute atomic E-state index is 13.4. The molecule has 0 fully saturated rings. The molecule has 1 aliphatic rings. The van der Waals surface area contributed by atoms with Gasteiger partial charge in [-0.25, -0.2) is 4.98 Å². The van der Waals surface area contributed by atoms with Crippen molar-refractivity contribution in [3.05, 3.63) is 51.5 Å². The van der Waals surface area contributed by atoms with E-state index in [1.807, 2.05) is 51.1 Å². The molecule has 0 saturated carbocycles. The molecule has 0 aliphatic carbocycles. The van der Waals surface area contributed by atoms with Crippen molar-refractivity contribution in [3.8, 4) is 0 Å². The van der Waals surface area contributed by atoms with Crippen LogP contribution in [-0.4, -0.2) is 57.8 Å². The second-order valence-electron chi connectivity index (χ2n) is 9.04. The minimum atomic E-state index is -1.70. The summed E-state index contributed by atoms with van der Waals surface area (Å²) in [5, 5.41) is 30.0. The van der Waals surface area contributed by atoms with E-state index in [1.165, 1.54) is 11.3 Å². The van der Waals surface area contributed by atoms with E-state index in [0.29, 0.717) is 22.7 Å². The third-order valence-corrected chi connectivity index (χ3v) is 6.62. The molecule has 1 aromatic heterocycles. The second-order valence-corrected chi connectivity index (χ2v) is 10.2. The lowest BCUT2D eigenvalue weighted by Gasteiger charge is -2.29. The van der Waals surface area contributed by atoms with Crippen molar-refractivity contribution in [1.82, 2.24) is 15.6 Å². The summed E-state index contributed by atoms with van der Waals surface area (Å²) in [6.07, 6.45) is 0.788. The van der Waals surface area contributed by atoms with Gasteiger partial charge < -0.3 is 25.5 Å². The van der Waals surface area contributed by atoms with Crippen LogP contribution in [0.25, 0.3) is 0 Å². The number of oxime groups is 1. The maximum Gasteiger partial charge on any atom is 0.475 e. The second kappa shape index (κ2) is 11.1. The van der Waals surface area contributed by atoms with Gasteiger partial charge in [0.2, 0.25) is 5.60 Å². The topological polar surface area (TPSA) is 133 Å². The van der Waals surface area contributed by atoms with E-state index in [2.05, 4.69) is 20.8 Å². The number of benzene rings is 1. The number of carbonyl (C=O) groups is 2. The first-order valence-electron chi connectivity index (χ1n) is 11.3. The molecule has 3 rings (SSSR count). The predicted octanol–water partition coefficient (Wildman–Crippen LogP) is 1.79. The number of amides is 2. The van der Waals surface area contributed by atoms with Gasteiger partial charge in [-0.15, -0.1) is 11.3 Å². The number of thiazole rings is 1. The van der Waals surface area contributed by atoms with Gasteiger partial charge in [0, 0.05) is 12.8 Å². The van der Waals surface area contributed by atoms with Crippen LogP contribution in [0.5, 0.6) is 0 Å². The number of nitrogens with one attached hydrogen (secondary N) is 2. The Labute approximate surface area is 203 Å². The standard InChI is InChI=1S/C23H31BN4O5S/c1-14(2)10-19(24(31)32)27-22(30)23(11-17-8-6-5-7-9-17)12-18(28-33-23)13-25-21(29)20-15(3)26-16(4)34-20/h5-9,14,19,31-32H,10-13H2,1-4H3,(H,25,29)(H,27,30). The molecule has 2 atom stereocenters. The molecule has 0 spiro atoms. The van der Waals surface area contributed by atoms with E-state index in [0.717, 1.165) is 10.6 Å². The number of hydrogen-bond donors (Lipinski definition) is 4. The lowest BCUT2D eigenvalue weighted by molar-refractivity contribution is -0.144. The van der Waals surface area contributed by atoms with Gasteiger partial charge in [-0.3, -0.25) is 9.59 Å². The van der Waals surface area contributed by atoms with Crippen molar-refractivity contribution in [2.45, 2.75) is 58.5 Å². The fourth-order valence-electron chi connectivity index (χ4n) is 3.93. The van der Waals surface area contributed by atoms with Crippen molar-refractivity contribution >= 4 is 36.0 Å². The van der Waals surface area contributed by atoms with Crippen molar-refractivity contribution in [2.75, 3.05) is 6.54 Å². The monoisotopic (exact) mass is 486 g/mol. The van der Waals surface area contributed by atoms with Gasteiger partial charge in [0.05, 0.1) is 28.9 Å². The number of nitrogens with zero attached hydrogens (tertiary/aromatic N) is 2. The fourth-order valence-corrected chi connectivity index (χ4v) is 4.77. The number of rotatable bonds is 10. The minimum Gasteiger partial charge on any atom is -0.426 e. The SMILES string of the molecule is Cc1nc(C)c(C(=O)NCC2=NOC(Cc3ccccc3)(C(=O)NC(CC(C)C)B(O)O)C2)s1. The smallest absolute Gasteiger partial charge is 0.426 e. The third-order valence-electron chi connectivity index (χ3n) is 5.55. The molecule has 4 N–H and O–H groups in total. The highest BCUT2D eigenvalue weighted by molar-refractivity contribution is 7.13. The number of hydrogen-bond acceptors (Lipinski definition) is 8. The average molecular weight is 486 g/mol. The molecule has 2 heterocycles. The molecular weight excluding hydrogens is 455 g/mol. The van der Waals surface area contributed by atoms with Crippen LogP contribution in [0.3, 0.4) is 0 Å². The summed E-state index contributed by atoms with van der Waals surface area (Å²) < 4.78 is 0. The molecule has 2 aromatic rings. The van der Waals surface area contributed by atoms with Gasteiger partial charge in [0.15, 0.2) is 0 Å². The summed E-state index contributed by atoms with van der Waals surface area (Å²) >= 11 is 1.32. The Morgan fingerprint density at radius 1 is 1.24 bits per heavy atom. The zero-order valence-corrected chi connectivity index (χ0v) is 20.7. The zero-order valence-electron chi connectivity index (χ0n) is 19.9. The predicted molar refractivity (Wildman–Crippen MR) is 132 cm³/mol. The Kier molecular flexibility index (Phi) is 8.45. The van der Waals surface area contributed by atoms with Crippen LogP contribution >= 0.6 is 11.3 Å². The van der Waals surface area contributed by atoms with E-state index in [1.54, 1.807) is 6.92 Å². The number of carbonyl (C=O) groups excluding carboxylic acids is 2. The van der Waals surface area contributed by atoms with Gasteiger partial charge in [-0.05, 0) is 31.7 Å². The van der Waals surface area contributed by atoms with Gasteiger partial charge in [-0.1, -0.05) is 49.3 Å². The van der Waals surface area contributed by atoms with Gasteiger partial charge in [-0.2, -0.15) is 0 Å². The normalized spacial score (nSPS) is 18.3. The Morgan fingerprint density at radius 2 is 1.94 bits per heavy atom. The Morgan fingerprint density at radius 3 is 2.53 bits per heavy atom. The van der Waals surface area contributed by atoms with E-state index in [9.17, 15) is 19.6 Å². The molecule has 0 bridgehead atoms. The van der Waals surface area contributed by atoms with Crippen LogP contribution in [0.15, 0.2) is 35.5 Å². The van der Waals surface area contributed by atoms with Crippen molar-refractivity contribution in [3.63, 3.8) is 0 Å². The molecule has 1 aromatic carbocycles. The quantitative estimate of drug-likeness (QED) is 0.379. The highest BCUT2D eigenvalue weighted by atomic mass is 32.1. The van der Waals surface area contributed by atoms with Crippen LogP contribution < -0.4 is 10.6 Å². The summed E-state index contributed by atoms with van der Waals surface area (Å²) in [6, 6.07) is 9.40. The highest BCUT2D eigenvalue weighted by Crippen LogP contribution is 2.29. The summed E-state index contributed by atoms with van der Waals surface area (Å²) in [6.45, 7) is 7.62. The van der Waals surface area contributed by atoms with E-state index < -0.39 is 24.6 Å². The van der Waals surface area contributed by atoms with Gasteiger partial charge in [0.1, 0.15) is 4.88 Å². The van der Waals surface area contributed by atoms with E-state index in [4.69, 9.17) is 4.84 Å². The Bertz CT molecular complexity index is 1040. The molecule has 0 saturated heterocycles. The van der Waals surface area contributed by atoms with Crippen molar-refractivity contribution < 1.29 is 24.5 Å². The summed E-state index contributed by atoms with van der Waals surface area (Å²) in [7, 11) is -1.70. The summed E-state index contributed by atoms with van der Waals surface area (Å²) in [5.74, 6) is -1.43. The van der Waals surface area contributed by atoms with Crippen LogP contribution in [0.1, 0.15) is 52.6 Å². The zero-order chi connectivity index (χ0) is 24.9. The van der Waals surface area contributed by atoms with Crippen LogP contribution in [0.2, 0.25) is 0 Å². The molecule has 34 heavy (non-hydrogen) atoms.